The van der Waals surface area contributed by atoms with E-state index in [1.165, 1.54) is 43.4 Å². The Bertz CT molecular complexity index is 671. The fourth-order valence-electron chi connectivity index (χ4n) is 5.79. The van der Waals surface area contributed by atoms with Gasteiger partial charge < -0.3 is 9.80 Å². The third-order valence-electron chi connectivity index (χ3n) is 7.28. The summed E-state index contributed by atoms with van der Waals surface area (Å²) in [6, 6.07) is 0. The molecule has 0 radical (unpaired) electrons. The maximum atomic E-state index is 13.0. The molecule has 0 bridgehead atoms. The summed E-state index contributed by atoms with van der Waals surface area (Å²) in [7, 11) is 0. The molecule has 1 saturated carbocycles. The molecule has 5 rings (SSSR count). The van der Waals surface area contributed by atoms with Crippen molar-refractivity contribution in [1.29, 1.82) is 0 Å². The number of carbonyl (C=O) groups is 1. The standard InChI is InChI=1S/C21H30N4O/c26-21(25-12-16-4-3-5-17(16)13-25)15-8-10-24(11-9-15)20-18-6-1-2-7-19(18)22-14-23-20/h14-17H,1-13H2. The van der Waals surface area contributed by atoms with Crippen molar-refractivity contribution in [2.45, 2.75) is 57.8 Å². The van der Waals surface area contributed by atoms with Crippen LogP contribution in [0.2, 0.25) is 0 Å². The van der Waals surface area contributed by atoms with Crippen LogP contribution in [0.25, 0.3) is 0 Å². The first-order valence-electron chi connectivity index (χ1n) is 10.7. The molecule has 1 aromatic heterocycles. The lowest BCUT2D eigenvalue weighted by Crippen LogP contribution is -2.42. The first-order valence-corrected chi connectivity index (χ1v) is 10.7. The van der Waals surface area contributed by atoms with Gasteiger partial charge in [0.1, 0.15) is 12.1 Å². The Morgan fingerprint density at radius 2 is 1.65 bits per heavy atom. The topological polar surface area (TPSA) is 49.3 Å². The molecule has 5 nitrogen and oxygen atoms in total. The highest BCUT2D eigenvalue weighted by Gasteiger charge is 2.40. The van der Waals surface area contributed by atoms with Crippen LogP contribution in [0, 0.1) is 17.8 Å². The largest absolute Gasteiger partial charge is 0.356 e. The molecule has 3 fully saturated rings. The van der Waals surface area contributed by atoms with E-state index < -0.39 is 0 Å². The van der Waals surface area contributed by atoms with Gasteiger partial charge in [-0.3, -0.25) is 4.79 Å². The number of rotatable bonds is 2. The van der Waals surface area contributed by atoms with Crippen LogP contribution in [0.5, 0.6) is 0 Å². The van der Waals surface area contributed by atoms with E-state index in [4.69, 9.17) is 0 Å². The molecular formula is C21H30N4O. The second kappa shape index (κ2) is 6.82. The lowest BCUT2D eigenvalue weighted by Gasteiger charge is -2.35. The maximum absolute atomic E-state index is 13.0. The van der Waals surface area contributed by atoms with Gasteiger partial charge in [-0.05, 0) is 63.2 Å². The average molecular weight is 354 g/mol. The molecule has 3 heterocycles. The first-order chi connectivity index (χ1) is 12.8. The summed E-state index contributed by atoms with van der Waals surface area (Å²) in [6.07, 6.45) is 12.4. The number of likely N-dealkylation sites (tertiary alicyclic amines) is 1. The lowest BCUT2D eigenvalue weighted by atomic mass is 9.93. The van der Waals surface area contributed by atoms with Crippen molar-refractivity contribution in [3.63, 3.8) is 0 Å². The van der Waals surface area contributed by atoms with E-state index in [1.54, 1.807) is 6.33 Å². The van der Waals surface area contributed by atoms with E-state index in [-0.39, 0.29) is 5.92 Å². The number of anilines is 1. The minimum atomic E-state index is 0.225. The zero-order chi connectivity index (χ0) is 17.5. The molecule has 0 spiro atoms. The van der Waals surface area contributed by atoms with Crippen molar-refractivity contribution in [2.75, 3.05) is 31.1 Å². The zero-order valence-corrected chi connectivity index (χ0v) is 15.7. The van der Waals surface area contributed by atoms with Gasteiger partial charge in [0.15, 0.2) is 0 Å². The smallest absolute Gasteiger partial charge is 0.225 e. The van der Waals surface area contributed by atoms with Crippen LogP contribution in [0.4, 0.5) is 5.82 Å². The van der Waals surface area contributed by atoms with Gasteiger partial charge in [-0.1, -0.05) is 6.42 Å². The number of hydrogen-bond donors (Lipinski definition) is 0. The summed E-state index contributed by atoms with van der Waals surface area (Å²) in [5, 5.41) is 0. The molecule has 4 aliphatic rings. The third kappa shape index (κ3) is 2.89. The predicted molar refractivity (Wildman–Crippen MR) is 101 cm³/mol. The molecule has 26 heavy (non-hydrogen) atoms. The van der Waals surface area contributed by atoms with Gasteiger partial charge in [0.25, 0.3) is 0 Å². The predicted octanol–water partition coefficient (Wildman–Crippen LogP) is 2.83. The van der Waals surface area contributed by atoms with Gasteiger partial charge in [-0.2, -0.15) is 0 Å². The molecule has 2 aliphatic carbocycles. The average Bonchev–Trinajstić information content (AvgIpc) is 3.29. The molecule has 0 N–H and O–H groups in total. The number of aromatic nitrogens is 2. The van der Waals surface area contributed by atoms with Crippen LogP contribution < -0.4 is 4.90 Å². The van der Waals surface area contributed by atoms with E-state index in [1.807, 2.05) is 0 Å². The minimum Gasteiger partial charge on any atom is -0.356 e. The molecule has 1 aromatic rings. The fourth-order valence-corrected chi connectivity index (χ4v) is 5.79. The van der Waals surface area contributed by atoms with Crippen molar-refractivity contribution in [3.05, 3.63) is 17.6 Å². The summed E-state index contributed by atoms with van der Waals surface area (Å²) in [6.45, 7) is 3.98. The second-order valence-electron chi connectivity index (χ2n) is 8.79. The summed E-state index contributed by atoms with van der Waals surface area (Å²) in [5.74, 6) is 3.40. The van der Waals surface area contributed by atoms with Crippen molar-refractivity contribution < 1.29 is 4.79 Å². The Labute approximate surface area is 156 Å². The number of amides is 1. The summed E-state index contributed by atoms with van der Waals surface area (Å²) >= 11 is 0. The molecule has 1 amide bonds. The van der Waals surface area contributed by atoms with Gasteiger partial charge >= 0.3 is 0 Å². The van der Waals surface area contributed by atoms with Crippen LogP contribution >= 0.6 is 0 Å². The molecule has 5 heteroatoms. The van der Waals surface area contributed by atoms with Crippen molar-refractivity contribution in [1.82, 2.24) is 14.9 Å². The fraction of sp³-hybridized carbons (Fsp3) is 0.762. The van der Waals surface area contributed by atoms with Crippen molar-refractivity contribution in [2.24, 2.45) is 17.8 Å². The van der Waals surface area contributed by atoms with E-state index in [0.717, 1.165) is 69.5 Å². The summed E-state index contributed by atoms with van der Waals surface area (Å²) in [4.78, 5) is 26.7. The van der Waals surface area contributed by atoms with Crippen LogP contribution in [0.1, 0.15) is 56.2 Å². The van der Waals surface area contributed by atoms with E-state index in [2.05, 4.69) is 19.8 Å². The van der Waals surface area contributed by atoms with Crippen molar-refractivity contribution in [3.8, 4) is 0 Å². The van der Waals surface area contributed by atoms with Gasteiger partial charge in [-0.15, -0.1) is 0 Å². The first kappa shape index (κ1) is 16.5. The lowest BCUT2D eigenvalue weighted by molar-refractivity contribution is -0.135. The number of hydrogen-bond acceptors (Lipinski definition) is 4. The molecule has 0 aromatic carbocycles. The molecule has 2 unspecified atom stereocenters. The van der Waals surface area contributed by atoms with Gasteiger partial charge in [0, 0.05) is 43.4 Å². The van der Waals surface area contributed by atoms with E-state index in [9.17, 15) is 4.79 Å². The van der Waals surface area contributed by atoms with Crippen LogP contribution in [0.3, 0.4) is 0 Å². The highest BCUT2D eigenvalue weighted by atomic mass is 16.2. The Morgan fingerprint density at radius 3 is 2.42 bits per heavy atom. The van der Waals surface area contributed by atoms with Crippen LogP contribution in [-0.2, 0) is 17.6 Å². The Hall–Kier alpha value is -1.65. The normalized spacial score (nSPS) is 28.9. The van der Waals surface area contributed by atoms with E-state index in [0.29, 0.717) is 5.91 Å². The number of fused-ring (bicyclic) bond motifs is 2. The van der Waals surface area contributed by atoms with Crippen molar-refractivity contribution >= 4 is 11.7 Å². The third-order valence-corrected chi connectivity index (χ3v) is 7.28. The SMILES string of the molecule is O=C(C1CCN(c2ncnc3c2CCCC3)CC1)N1CC2CCCC2C1. The Morgan fingerprint density at radius 1 is 0.923 bits per heavy atom. The van der Waals surface area contributed by atoms with E-state index >= 15 is 0 Å². The Balaban J connectivity index is 1.22. The minimum absolute atomic E-state index is 0.225. The number of piperidine rings is 1. The van der Waals surface area contributed by atoms with Gasteiger partial charge in [-0.25, -0.2) is 9.97 Å². The number of aryl methyl sites for hydroxylation is 1. The van der Waals surface area contributed by atoms with Gasteiger partial charge in [0.2, 0.25) is 5.91 Å². The number of nitrogens with zero attached hydrogens (tertiary/aromatic N) is 4. The molecular weight excluding hydrogens is 324 g/mol. The Kier molecular flexibility index (Phi) is 4.33. The van der Waals surface area contributed by atoms with Gasteiger partial charge in [0.05, 0.1) is 0 Å². The van der Waals surface area contributed by atoms with Crippen LogP contribution in [0.15, 0.2) is 6.33 Å². The quantitative estimate of drug-likeness (QED) is 0.819. The zero-order valence-electron chi connectivity index (χ0n) is 15.7. The molecule has 2 atom stereocenters. The van der Waals surface area contributed by atoms with Crippen LogP contribution in [-0.4, -0.2) is 47.0 Å². The molecule has 2 aliphatic heterocycles. The monoisotopic (exact) mass is 354 g/mol. The molecule has 140 valence electrons. The highest BCUT2D eigenvalue weighted by molar-refractivity contribution is 5.79. The maximum Gasteiger partial charge on any atom is 0.225 e. The molecule has 2 saturated heterocycles. The summed E-state index contributed by atoms with van der Waals surface area (Å²) < 4.78 is 0. The second-order valence-corrected chi connectivity index (χ2v) is 8.79. The highest BCUT2D eigenvalue weighted by Crippen LogP contribution is 2.39. The number of carbonyl (C=O) groups excluding carboxylic acids is 1. The summed E-state index contributed by atoms with van der Waals surface area (Å²) in [5.41, 5.74) is 2.62.